The maximum atomic E-state index is 13.3. The second kappa shape index (κ2) is 5.21. The predicted octanol–water partition coefficient (Wildman–Crippen LogP) is 2.84. The summed E-state index contributed by atoms with van der Waals surface area (Å²) in [5.74, 6) is -0.197. The van der Waals surface area contributed by atoms with Crippen LogP contribution in [0.3, 0.4) is 0 Å². The van der Waals surface area contributed by atoms with E-state index in [1.54, 1.807) is 17.0 Å². The van der Waals surface area contributed by atoms with E-state index in [1.807, 2.05) is 0 Å². The van der Waals surface area contributed by atoms with Gasteiger partial charge in [-0.3, -0.25) is 4.79 Å². The van der Waals surface area contributed by atoms with Crippen molar-refractivity contribution in [2.45, 2.75) is 37.8 Å². The minimum absolute atomic E-state index is 0.0786. The first-order chi connectivity index (χ1) is 9.15. The Morgan fingerprint density at radius 2 is 2.11 bits per heavy atom. The summed E-state index contributed by atoms with van der Waals surface area (Å²) >= 11 is 3.17. The number of hydrogen-bond donors (Lipinski definition) is 1. The number of piperidine rings is 1. The summed E-state index contributed by atoms with van der Waals surface area (Å²) in [5.41, 5.74) is 0.764. The van der Waals surface area contributed by atoms with Gasteiger partial charge in [0.25, 0.3) is 0 Å². The Labute approximate surface area is 120 Å². The zero-order valence-corrected chi connectivity index (χ0v) is 12.1. The molecule has 1 aliphatic heterocycles. The lowest BCUT2D eigenvalue weighted by Crippen LogP contribution is -2.51. The predicted molar refractivity (Wildman–Crippen MR) is 75.6 cm³/mol. The Balaban J connectivity index is 1.78. The molecule has 1 heterocycles. The second-order valence-corrected chi connectivity index (χ2v) is 6.08. The average Bonchev–Trinajstić information content (AvgIpc) is 3.20. The van der Waals surface area contributed by atoms with Crippen molar-refractivity contribution in [2.75, 3.05) is 11.4 Å². The van der Waals surface area contributed by atoms with Crippen LogP contribution >= 0.6 is 15.9 Å². The minimum Gasteiger partial charge on any atom is -0.311 e. The first-order valence-electron chi connectivity index (χ1n) is 6.67. The molecular formula is C14H16BrFN2O. The van der Waals surface area contributed by atoms with Gasteiger partial charge in [-0.05, 0) is 59.8 Å². The minimum atomic E-state index is -0.305. The lowest BCUT2D eigenvalue weighted by Gasteiger charge is -2.33. The Morgan fingerprint density at radius 3 is 2.79 bits per heavy atom. The maximum absolute atomic E-state index is 13.3. The molecule has 0 radical (unpaired) electrons. The third-order valence-electron chi connectivity index (χ3n) is 3.67. The molecule has 3 nitrogen and oxygen atoms in total. The monoisotopic (exact) mass is 326 g/mol. The number of amides is 1. The van der Waals surface area contributed by atoms with Crippen molar-refractivity contribution in [3.8, 4) is 0 Å². The van der Waals surface area contributed by atoms with Gasteiger partial charge in [-0.2, -0.15) is 0 Å². The molecule has 1 saturated heterocycles. The van der Waals surface area contributed by atoms with Crippen molar-refractivity contribution in [1.29, 1.82) is 0 Å². The molecule has 3 rings (SSSR count). The van der Waals surface area contributed by atoms with Gasteiger partial charge in [0.15, 0.2) is 0 Å². The molecule has 102 valence electrons. The largest absolute Gasteiger partial charge is 0.311 e. The van der Waals surface area contributed by atoms with E-state index in [2.05, 4.69) is 21.2 Å². The molecule has 1 aromatic carbocycles. The van der Waals surface area contributed by atoms with Crippen LogP contribution in [0.25, 0.3) is 0 Å². The first kappa shape index (κ1) is 13.1. The van der Waals surface area contributed by atoms with E-state index in [-0.39, 0.29) is 17.8 Å². The van der Waals surface area contributed by atoms with Crippen molar-refractivity contribution < 1.29 is 9.18 Å². The summed E-state index contributed by atoms with van der Waals surface area (Å²) < 4.78 is 13.7. The molecule has 0 spiro atoms. The molecule has 1 aliphatic carbocycles. The number of anilines is 1. The molecular weight excluding hydrogens is 311 g/mol. The Bertz CT molecular complexity index is 504. The van der Waals surface area contributed by atoms with E-state index in [9.17, 15) is 9.18 Å². The fourth-order valence-electron chi connectivity index (χ4n) is 2.47. The molecule has 0 aromatic heterocycles. The first-order valence-corrected chi connectivity index (χ1v) is 7.47. The van der Waals surface area contributed by atoms with Crippen LogP contribution in [0.4, 0.5) is 10.1 Å². The van der Waals surface area contributed by atoms with Crippen LogP contribution in [0.2, 0.25) is 0 Å². The Hall–Kier alpha value is -0.940. The van der Waals surface area contributed by atoms with Crippen LogP contribution in [0, 0.1) is 5.82 Å². The molecule has 1 amide bonds. The van der Waals surface area contributed by atoms with Crippen molar-refractivity contribution >= 4 is 27.5 Å². The molecule has 1 aromatic rings. The van der Waals surface area contributed by atoms with Gasteiger partial charge in [-0.15, -0.1) is 0 Å². The van der Waals surface area contributed by atoms with Gasteiger partial charge in [0.2, 0.25) is 5.91 Å². The summed E-state index contributed by atoms with van der Waals surface area (Å²) in [6, 6.07) is 5.17. The van der Waals surface area contributed by atoms with Crippen LogP contribution < -0.4 is 10.2 Å². The normalized spacial score (nSPS) is 23.8. The number of nitrogens with one attached hydrogen (secondary N) is 1. The van der Waals surface area contributed by atoms with Crippen LogP contribution in [0.5, 0.6) is 0 Å². The van der Waals surface area contributed by atoms with Crippen LogP contribution in [0.15, 0.2) is 22.7 Å². The Kier molecular flexibility index (Phi) is 3.58. The van der Waals surface area contributed by atoms with Gasteiger partial charge in [0, 0.05) is 18.3 Å². The van der Waals surface area contributed by atoms with Crippen molar-refractivity contribution in [1.82, 2.24) is 5.32 Å². The average molecular weight is 327 g/mol. The number of halogens is 2. The van der Waals surface area contributed by atoms with Gasteiger partial charge in [-0.25, -0.2) is 4.39 Å². The lowest BCUT2D eigenvalue weighted by molar-refractivity contribution is -0.121. The van der Waals surface area contributed by atoms with Crippen molar-refractivity contribution in [3.63, 3.8) is 0 Å². The lowest BCUT2D eigenvalue weighted by atomic mass is 10.0. The molecule has 5 heteroatoms. The summed E-state index contributed by atoms with van der Waals surface area (Å²) in [4.78, 5) is 14.2. The van der Waals surface area contributed by atoms with Crippen LogP contribution in [0.1, 0.15) is 25.7 Å². The molecule has 1 N–H and O–H groups in total. The highest BCUT2D eigenvalue weighted by atomic mass is 79.9. The SMILES string of the molecule is O=C1C(NC2CC2)CCCN1c1ccc(F)c(Br)c1. The summed E-state index contributed by atoms with van der Waals surface area (Å²) in [5, 5.41) is 3.39. The van der Waals surface area contributed by atoms with Crippen LogP contribution in [-0.4, -0.2) is 24.5 Å². The van der Waals surface area contributed by atoms with Crippen LogP contribution in [-0.2, 0) is 4.79 Å². The molecule has 2 aliphatic rings. The van der Waals surface area contributed by atoms with Gasteiger partial charge in [0.1, 0.15) is 5.82 Å². The number of nitrogens with zero attached hydrogens (tertiary/aromatic N) is 1. The van der Waals surface area contributed by atoms with E-state index < -0.39 is 0 Å². The second-order valence-electron chi connectivity index (χ2n) is 5.22. The van der Waals surface area contributed by atoms with E-state index >= 15 is 0 Å². The van der Waals surface area contributed by atoms with Crippen molar-refractivity contribution in [3.05, 3.63) is 28.5 Å². The molecule has 2 fully saturated rings. The summed E-state index contributed by atoms with van der Waals surface area (Å²) in [6.45, 7) is 0.708. The number of benzene rings is 1. The number of carbonyl (C=O) groups excluding carboxylic acids is 1. The zero-order chi connectivity index (χ0) is 13.4. The van der Waals surface area contributed by atoms with E-state index in [1.165, 1.54) is 18.9 Å². The maximum Gasteiger partial charge on any atom is 0.244 e. The fourth-order valence-corrected chi connectivity index (χ4v) is 2.84. The fraction of sp³-hybridized carbons (Fsp3) is 0.500. The number of hydrogen-bond acceptors (Lipinski definition) is 2. The highest BCUT2D eigenvalue weighted by Gasteiger charge is 2.33. The van der Waals surface area contributed by atoms with Gasteiger partial charge in [-0.1, -0.05) is 0 Å². The highest BCUT2D eigenvalue weighted by Crippen LogP contribution is 2.28. The van der Waals surface area contributed by atoms with Gasteiger partial charge >= 0.3 is 0 Å². The zero-order valence-electron chi connectivity index (χ0n) is 10.5. The molecule has 1 saturated carbocycles. The highest BCUT2D eigenvalue weighted by molar-refractivity contribution is 9.10. The third-order valence-corrected chi connectivity index (χ3v) is 4.28. The third kappa shape index (κ3) is 2.82. The molecule has 1 unspecified atom stereocenters. The number of rotatable bonds is 3. The smallest absolute Gasteiger partial charge is 0.244 e. The van der Waals surface area contributed by atoms with E-state index in [4.69, 9.17) is 0 Å². The van der Waals surface area contributed by atoms with E-state index in [0.717, 1.165) is 18.5 Å². The molecule has 0 bridgehead atoms. The summed E-state index contributed by atoms with van der Waals surface area (Å²) in [7, 11) is 0. The topological polar surface area (TPSA) is 32.3 Å². The summed E-state index contributed by atoms with van der Waals surface area (Å²) in [6.07, 6.45) is 4.22. The standard InChI is InChI=1S/C14H16BrFN2O/c15-11-8-10(5-6-12(11)16)18-7-1-2-13(14(18)19)17-9-3-4-9/h5-6,8-9,13,17H,1-4,7H2. The quantitative estimate of drug-likeness (QED) is 0.926. The van der Waals surface area contributed by atoms with Crippen molar-refractivity contribution in [2.24, 2.45) is 0 Å². The number of carbonyl (C=O) groups is 1. The molecule has 19 heavy (non-hydrogen) atoms. The van der Waals surface area contributed by atoms with Gasteiger partial charge < -0.3 is 10.2 Å². The van der Waals surface area contributed by atoms with Gasteiger partial charge in [0.05, 0.1) is 10.5 Å². The molecule has 1 atom stereocenters. The van der Waals surface area contributed by atoms with E-state index in [0.29, 0.717) is 17.1 Å². The Morgan fingerprint density at radius 1 is 1.32 bits per heavy atom.